The van der Waals surface area contributed by atoms with Gasteiger partial charge in [0.25, 0.3) is 0 Å². The Morgan fingerprint density at radius 2 is 2.31 bits per heavy atom. The third-order valence-corrected chi connectivity index (χ3v) is 2.85. The maximum absolute atomic E-state index is 11.6. The van der Waals surface area contributed by atoms with E-state index in [2.05, 4.69) is 29.4 Å². The van der Waals surface area contributed by atoms with Crippen molar-refractivity contribution in [1.29, 1.82) is 0 Å². The number of hydrogen-bond acceptors (Lipinski definition) is 3. The molecule has 0 aromatic rings. The molecule has 0 radical (unpaired) electrons. The van der Waals surface area contributed by atoms with Crippen LogP contribution in [0.2, 0.25) is 0 Å². The van der Waals surface area contributed by atoms with Crippen LogP contribution in [0, 0.1) is 11.8 Å². The summed E-state index contributed by atoms with van der Waals surface area (Å²) in [6.07, 6.45) is 1.23. The normalized spacial score (nSPS) is 20.7. The highest BCUT2D eigenvalue weighted by Crippen LogP contribution is 2.08. The van der Waals surface area contributed by atoms with Crippen LogP contribution in [-0.2, 0) is 4.79 Å². The van der Waals surface area contributed by atoms with E-state index in [0.29, 0.717) is 18.4 Å². The van der Waals surface area contributed by atoms with E-state index in [1.807, 2.05) is 7.05 Å². The van der Waals surface area contributed by atoms with Crippen molar-refractivity contribution in [1.82, 2.24) is 15.5 Å². The van der Waals surface area contributed by atoms with Gasteiger partial charge in [0.05, 0.1) is 6.54 Å². The second-order valence-electron chi connectivity index (χ2n) is 5.25. The average molecular weight is 227 g/mol. The summed E-state index contributed by atoms with van der Waals surface area (Å²) in [5, 5.41) is 6.29. The van der Waals surface area contributed by atoms with Crippen molar-refractivity contribution in [3.8, 4) is 0 Å². The molecule has 1 saturated heterocycles. The van der Waals surface area contributed by atoms with Crippen molar-refractivity contribution >= 4 is 5.91 Å². The molecule has 1 unspecified atom stereocenters. The standard InChI is InChI=1S/C12H25N3O/c1-10(2)6-14-12(16)9-15(3)8-11-4-5-13-7-11/h10-11,13H,4-9H2,1-3H3,(H,14,16). The lowest BCUT2D eigenvalue weighted by molar-refractivity contribution is -0.122. The number of nitrogens with one attached hydrogen (secondary N) is 2. The molecule has 4 nitrogen and oxygen atoms in total. The Bertz CT molecular complexity index is 212. The van der Waals surface area contributed by atoms with Gasteiger partial charge < -0.3 is 10.6 Å². The summed E-state index contributed by atoms with van der Waals surface area (Å²) in [6.45, 7) is 8.74. The van der Waals surface area contributed by atoms with E-state index in [1.54, 1.807) is 0 Å². The van der Waals surface area contributed by atoms with E-state index in [-0.39, 0.29) is 5.91 Å². The molecular weight excluding hydrogens is 202 g/mol. The molecule has 1 amide bonds. The largest absolute Gasteiger partial charge is 0.355 e. The minimum atomic E-state index is 0.141. The number of rotatable bonds is 6. The van der Waals surface area contributed by atoms with Gasteiger partial charge in [-0.3, -0.25) is 9.69 Å². The van der Waals surface area contributed by atoms with Crippen LogP contribution in [0.5, 0.6) is 0 Å². The zero-order valence-corrected chi connectivity index (χ0v) is 10.8. The van der Waals surface area contributed by atoms with Gasteiger partial charge in [0, 0.05) is 13.1 Å². The summed E-state index contributed by atoms with van der Waals surface area (Å²) in [7, 11) is 2.02. The highest BCUT2D eigenvalue weighted by molar-refractivity contribution is 5.77. The molecule has 0 saturated carbocycles. The van der Waals surface area contributed by atoms with Crippen LogP contribution in [0.4, 0.5) is 0 Å². The summed E-state index contributed by atoms with van der Waals surface area (Å²) in [5.41, 5.74) is 0. The smallest absolute Gasteiger partial charge is 0.234 e. The number of nitrogens with zero attached hydrogens (tertiary/aromatic N) is 1. The first-order valence-corrected chi connectivity index (χ1v) is 6.24. The molecular formula is C12H25N3O. The fourth-order valence-corrected chi connectivity index (χ4v) is 1.99. The number of amides is 1. The second-order valence-corrected chi connectivity index (χ2v) is 5.25. The van der Waals surface area contributed by atoms with Gasteiger partial charge in [-0.05, 0) is 38.4 Å². The topological polar surface area (TPSA) is 44.4 Å². The van der Waals surface area contributed by atoms with E-state index in [1.165, 1.54) is 6.42 Å². The molecule has 0 bridgehead atoms. The predicted octanol–water partition coefficient (Wildman–Crippen LogP) is 0.300. The zero-order chi connectivity index (χ0) is 12.0. The van der Waals surface area contributed by atoms with Crippen LogP contribution in [0.3, 0.4) is 0 Å². The molecule has 0 aromatic carbocycles. The van der Waals surface area contributed by atoms with E-state index in [4.69, 9.17) is 0 Å². The minimum absolute atomic E-state index is 0.141. The van der Waals surface area contributed by atoms with E-state index >= 15 is 0 Å². The van der Waals surface area contributed by atoms with E-state index in [9.17, 15) is 4.79 Å². The Morgan fingerprint density at radius 1 is 1.56 bits per heavy atom. The summed E-state index contributed by atoms with van der Waals surface area (Å²) in [5.74, 6) is 1.37. The van der Waals surface area contributed by atoms with Crippen LogP contribution in [0.25, 0.3) is 0 Å². The molecule has 4 heteroatoms. The minimum Gasteiger partial charge on any atom is -0.355 e. The quantitative estimate of drug-likeness (QED) is 0.686. The molecule has 1 atom stereocenters. The maximum Gasteiger partial charge on any atom is 0.234 e. The van der Waals surface area contributed by atoms with Gasteiger partial charge in [-0.15, -0.1) is 0 Å². The number of carbonyl (C=O) groups is 1. The van der Waals surface area contributed by atoms with Crippen molar-refractivity contribution in [2.75, 3.05) is 39.8 Å². The molecule has 1 aliphatic rings. The lowest BCUT2D eigenvalue weighted by Gasteiger charge is -2.20. The third-order valence-electron chi connectivity index (χ3n) is 2.85. The molecule has 2 N–H and O–H groups in total. The van der Waals surface area contributed by atoms with Gasteiger partial charge in [-0.2, -0.15) is 0 Å². The van der Waals surface area contributed by atoms with Crippen molar-refractivity contribution in [3.05, 3.63) is 0 Å². The van der Waals surface area contributed by atoms with Crippen LogP contribution in [0.1, 0.15) is 20.3 Å². The third kappa shape index (κ3) is 5.47. The van der Waals surface area contributed by atoms with Crippen molar-refractivity contribution in [2.24, 2.45) is 11.8 Å². The Kier molecular flexibility index (Phi) is 5.77. The Balaban J connectivity index is 2.12. The van der Waals surface area contributed by atoms with E-state index in [0.717, 1.165) is 26.2 Å². The lowest BCUT2D eigenvalue weighted by Crippen LogP contribution is -2.38. The molecule has 0 spiro atoms. The molecule has 1 fully saturated rings. The number of carbonyl (C=O) groups excluding carboxylic acids is 1. The SMILES string of the molecule is CC(C)CNC(=O)CN(C)CC1CCNC1. The fraction of sp³-hybridized carbons (Fsp3) is 0.917. The van der Waals surface area contributed by atoms with Gasteiger partial charge in [0.15, 0.2) is 0 Å². The predicted molar refractivity (Wildman–Crippen MR) is 66.3 cm³/mol. The number of hydrogen-bond donors (Lipinski definition) is 2. The highest BCUT2D eigenvalue weighted by Gasteiger charge is 2.17. The molecule has 16 heavy (non-hydrogen) atoms. The lowest BCUT2D eigenvalue weighted by atomic mass is 10.1. The second kappa shape index (κ2) is 6.86. The highest BCUT2D eigenvalue weighted by atomic mass is 16.2. The fourth-order valence-electron chi connectivity index (χ4n) is 1.99. The average Bonchev–Trinajstić information content (AvgIpc) is 2.67. The van der Waals surface area contributed by atoms with Gasteiger partial charge in [0.1, 0.15) is 0 Å². The Morgan fingerprint density at radius 3 is 2.88 bits per heavy atom. The van der Waals surface area contributed by atoms with Gasteiger partial charge in [-0.25, -0.2) is 0 Å². The Labute approximate surface area is 98.8 Å². The molecule has 1 heterocycles. The Hall–Kier alpha value is -0.610. The van der Waals surface area contributed by atoms with Crippen molar-refractivity contribution in [3.63, 3.8) is 0 Å². The monoisotopic (exact) mass is 227 g/mol. The van der Waals surface area contributed by atoms with Crippen LogP contribution in [0.15, 0.2) is 0 Å². The molecule has 94 valence electrons. The van der Waals surface area contributed by atoms with Gasteiger partial charge in [-0.1, -0.05) is 13.8 Å². The summed E-state index contributed by atoms with van der Waals surface area (Å²) >= 11 is 0. The summed E-state index contributed by atoms with van der Waals surface area (Å²) < 4.78 is 0. The maximum atomic E-state index is 11.6. The first kappa shape index (κ1) is 13.5. The zero-order valence-electron chi connectivity index (χ0n) is 10.8. The van der Waals surface area contributed by atoms with Gasteiger partial charge >= 0.3 is 0 Å². The molecule has 0 aromatic heterocycles. The number of likely N-dealkylation sites (N-methyl/N-ethyl adjacent to an activating group) is 1. The van der Waals surface area contributed by atoms with E-state index < -0.39 is 0 Å². The first-order valence-electron chi connectivity index (χ1n) is 6.24. The first-order chi connectivity index (χ1) is 7.58. The van der Waals surface area contributed by atoms with Crippen LogP contribution < -0.4 is 10.6 Å². The van der Waals surface area contributed by atoms with Gasteiger partial charge in [0.2, 0.25) is 5.91 Å². The molecule has 1 aliphatic heterocycles. The van der Waals surface area contributed by atoms with Crippen LogP contribution >= 0.6 is 0 Å². The van der Waals surface area contributed by atoms with Crippen LogP contribution in [-0.4, -0.2) is 50.6 Å². The van der Waals surface area contributed by atoms with Crippen molar-refractivity contribution in [2.45, 2.75) is 20.3 Å². The summed E-state index contributed by atoms with van der Waals surface area (Å²) in [4.78, 5) is 13.7. The molecule has 0 aliphatic carbocycles. The van der Waals surface area contributed by atoms with Crippen molar-refractivity contribution < 1.29 is 4.79 Å². The summed E-state index contributed by atoms with van der Waals surface area (Å²) in [6, 6.07) is 0. The molecule has 1 rings (SSSR count).